The fourth-order valence-electron chi connectivity index (χ4n) is 3.23. The van der Waals surface area contributed by atoms with Gasteiger partial charge >= 0.3 is 0 Å². The minimum absolute atomic E-state index is 0.00718. The van der Waals surface area contributed by atoms with Crippen LogP contribution in [0.2, 0.25) is 0 Å². The van der Waals surface area contributed by atoms with Crippen LogP contribution in [-0.4, -0.2) is 40.6 Å². The molecule has 1 aromatic heterocycles. The zero-order valence-electron chi connectivity index (χ0n) is 14.3. The third kappa shape index (κ3) is 4.07. The van der Waals surface area contributed by atoms with Crippen molar-refractivity contribution in [2.24, 2.45) is 0 Å². The molecule has 1 saturated heterocycles. The predicted octanol–water partition coefficient (Wildman–Crippen LogP) is 3.51. The molecule has 1 aliphatic heterocycles. The molecule has 2 aromatic rings. The van der Waals surface area contributed by atoms with Gasteiger partial charge < -0.3 is 5.32 Å². The summed E-state index contributed by atoms with van der Waals surface area (Å²) in [6.07, 6.45) is 4.35. The highest BCUT2D eigenvalue weighted by atomic mass is 32.1. The first-order valence-corrected chi connectivity index (χ1v) is 9.70. The monoisotopic (exact) mass is 378 g/mol. The molecule has 1 aromatic carbocycles. The summed E-state index contributed by atoms with van der Waals surface area (Å²) in [4.78, 5) is 14.2. The number of aromatic nitrogens is 2. The molecule has 26 heavy (non-hydrogen) atoms. The molecule has 0 bridgehead atoms. The first kappa shape index (κ1) is 17.5. The molecule has 138 valence electrons. The van der Waals surface area contributed by atoms with E-state index < -0.39 is 11.6 Å². The van der Waals surface area contributed by atoms with Crippen molar-refractivity contribution < 1.29 is 13.6 Å². The highest BCUT2D eigenvalue weighted by Gasteiger charge is 2.30. The molecule has 1 saturated carbocycles. The molecule has 5 nitrogen and oxygen atoms in total. The predicted molar refractivity (Wildman–Crippen MR) is 95.3 cm³/mol. The van der Waals surface area contributed by atoms with Crippen LogP contribution in [0.4, 0.5) is 14.5 Å². The van der Waals surface area contributed by atoms with Crippen molar-refractivity contribution in [1.29, 1.82) is 0 Å². The lowest BCUT2D eigenvalue weighted by atomic mass is 9.98. The Hall–Kier alpha value is -1.93. The molecular formula is C18H20F2N4OS. The number of amides is 1. The van der Waals surface area contributed by atoms with Crippen molar-refractivity contribution in [3.8, 4) is 0 Å². The molecule has 0 radical (unpaired) electrons. The number of carbonyl (C=O) groups excluding carboxylic acids is 1. The Kier molecular flexibility index (Phi) is 4.95. The summed E-state index contributed by atoms with van der Waals surface area (Å²) in [6, 6.07) is 3.13. The van der Waals surface area contributed by atoms with Gasteiger partial charge in [-0.15, -0.1) is 21.5 Å². The molecule has 1 N–H and O–H groups in total. The number of likely N-dealkylation sites (tertiary alicyclic amines) is 1. The number of rotatable bonds is 5. The third-order valence-corrected chi connectivity index (χ3v) is 6.14. The lowest BCUT2D eigenvalue weighted by molar-refractivity contribution is -0.117. The van der Waals surface area contributed by atoms with E-state index >= 15 is 0 Å². The molecule has 2 fully saturated rings. The highest BCUT2D eigenvalue weighted by molar-refractivity contribution is 7.11. The number of nitrogens with zero attached hydrogens (tertiary/aromatic N) is 3. The second kappa shape index (κ2) is 7.36. The summed E-state index contributed by atoms with van der Waals surface area (Å²) < 4.78 is 26.5. The Morgan fingerprint density at radius 3 is 2.38 bits per heavy atom. The molecule has 8 heteroatoms. The van der Waals surface area contributed by atoms with Gasteiger partial charge in [0.2, 0.25) is 5.91 Å². The largest absolute Gasteiger partial charge is 0.322 e. The average Bonchev–Trinajstić information content (AvgIpc) is 3.35. The van der Waals surface area contributed by atoms with Crippen LogP contribution in [0, 0.1) is 11.6 Å². The van der Waals surface area contributed by atoms with Gasteiger partial charge in [0.05, 0.1) is 12.2 Å². The number of hydrogen-bond donors (Lipinski definition) is 1. The van der Waals surface area contributed by atoms with E-state index in [2.05, 4.69) is 20.4 Å². The van der Waals surface area contributed by atoms with Crippen LogP contribution in [-0.2, 0) is 4.79 Å². The quantitative estimate of drug-likeness (QED) is 0.865. The number of carbonyl (C=O) groups is 1. The van der Waals surface area contributed by atoms with E-state index in [4.69, 9.17) is 0 Å². The van der Waals surface area contributed by atoms with Crippen molar-refractivity contribution >= 4 is 22.9 Å². The zero-order valence-corrected chi connectivity index (χ0v) is 15.1. The van der Waals surface area contributed by atoms with Gasteiger partial charge in [-0.2, -0.15) is 0 Å². The number of hydrogen-bond acceptors (Lipinski definition) is 5. The number of nitrogens with one attached hydrogen (secondary N) is 1. The minimum atomic E-state index is -0.764. The smallest absolute Gasteiger partial charge is 0.238 e. The summed E-state index contributed by atoms with van der Waals surface area (Å²) in [7, 11) is 0. The maximum absolute atomic E-state index is 13.6. The number of halogens is 2. The van der Waals surface area contributed by atoms with Gasteiger partial charge in [-0.1, -0.05) is 0 Å². The maximum atomic E-state index is 13.6. The Morgan fingerprint density at radius 2 is 1.77 bits per heavy atom. The van der Waals surface area contributed by atoms with E-state index in [1.54, 1.807) is 11.3 Å². The topological polar surface area (TPSA) is 58.1 Å². The second-order valence-corrected chi connectivity index (χ2v) is 8.02. The van der Waals surface area contributed by atoms with Crippen LogP contribution >= 0.6 is 11.3 Å². The van der Waals surface area contributed by atoms with Gasteiger partial charge in [0, 0.05) is 17.9 Å². The van der Waals surface area contributed by atoms with E-state index in [1.807, 2.05) is 0 Å². The second-order valence-electron chi connectivity index (χ2n) is 6.98. The maximum Gasteiger partial charge on any atom is 0.238 e. The lowest BCUT2D eigenvalue weighted by Gasteiger charge is -2.30. The Labute approximate surface area is 154 Å². The van der Waals surface area contributed by atoms with Crippen molar-refractivity contribution in [1.82, 2.24) is 15.1 Å². The number of anilines is 1. The van der Waals surface area contributed by atoms with Gasteiger partial charge in [0.25, 0.3) is 0 Å². The van der Waals surface area contributed by atoms with Gasteiger partial charge in [0.1, 0.15) is 21.6 Å². The van der Waals surface area contributed by atoms with Crippen LogP contribution in [0.25, 0.3) is 0 Å². The third-order valence-electron chi connectivity index (χ3n) is 4.89. The molecule has 4 rings (SSSR count). The first-order valence-electron chi connectivity index (χ1n) is 8.89. The van der Waals surface area contributed by atoms with Gasteiger partial charge in [-0.05, 0) is 50.9 Å². The Balaban J connectivity index is 1.27. The summed E-state index contributed by atoms with van der Waals surface area (Å²) >= 11 is 1.74. The minimum Gasteiger partial charge on any atom is -0.322 e. The van der Waals surface area contributed by atoms with Crippen molar-refractivity contribution in [2.75, 3.05) is 25.0 Å². The normalized spacial score (nSPS) is 18.8. The van der Waals surface area contributed by atoms with E-state index in [0.29, 0.717) is 11.8 Å². The van der Waals surface area contributed by atoms with Crippen LogP contribution < -0.4 is 5.32 Å². The van der Waals surface area contributed by atoms with Crippen LogP contribution in [0.5, 0.6) is 0 Å². The number of piperidine rings is 1. The summed E-state index contributed by atoms with van der Waals surface area (Å²) in [5.74, 6) is -0.671. The SMILES string of the molecule is O=C(CN1CCC(c2nnc(C3CC3)s2)CC1)Nc1ccc(F)cc1F. The summed E-state index contributed by atoms with van der Waals surface area (Å²) in [5.41, 5.74) is 0.00718. The Bertz CT molecular complexity index is 800. The molecule has 0 spiro atoms. The fourth-order valence-corrected chi connectivity index (χ4v) is 4.41. The van der Waals surface area contributed by atoms with Crippen molar-refractivity contribution in [2.45, 2.75) is 37.5 Å². The average molecular weight is 378 g/mol. The van der Waals surface area contributed by atoms with Crippen molar-refractivity contribution in [3.05, 3.63) is 39.8 Å². The van der Waals surface area contributed by atoms with E-state index in [0.717, 1.165) is 43.1 Å². The highest BCUT2D eigenvalue weighted by Crippen LogP contribution is 2.43. The molecule has 2 aliphatic rings. The molecule has 2 heterocycles. The number of benzene rings is 1. The molecule has 1 aliphatic carbocycles. The molecule has 1 amide bonds. The van der Waals surface area contributed by atoms with E-state index in [-0.39, 0.29) is 18.1 Å². The van der Waals surface area contributed by atoms with Gasteiger partial charge in [0.15, 0.2) is 0 Å². The lowest BCUT2D eigenvalue weighted by Crippen LogP contribution is -2.38. The van der Waals surface area contributed by atoms with E-state index in [1.165, 1.54) is 23.9 Å². The van der Waals surface area contributed by atoms with Crippen LogP contribution in [0.3, 0.4) is 0 Å². The summed E-state index contributed by atoms with van der Waals surface area (Å²) in [6.45, 7) is 1.79. The van der Waals surface area contributed by atoms with Crippen molar-refractivity contribution in [3.63, 3.8) is 0 Å². The molecule has 0 unspecified atom stereocenters. The van der Waals surface area contributed by atoms with E-state index in [9.17, 15) is 13.6 Å². The van der Waals surface area contributed by atoms with Crippen LogP contribution in [0.15, 0.2) is 18.2 Å². The van der Waals surface area contributed by atoms with Gasteiger partial charge in [-0.3, -0.25) is 9.69 Å². The molecule has 0 atom stereocenters. The Morgan fingerprint density at radius 1 is 1.12 bits per heavy atom. The zero-order chi connectivity index (χ0) is 18.1. The molecular weight excluding hydrogens is 358 g/mol. The summed E-state index contributed by atoms with van der Waals surface area (Å²) in [5, 5.41) is 13.5. The standard InChI is InChI=1S/C18H20F2N4OS/c19-13-3-4-15(14(20)9-13)21-16(25)10-24-7-5-12(6-8-24)18-23-22-17(26-18)11-1-2-11/h3-4,9,11-12H,1-2,5-8,10H2,(H,21,25). The van der Waals surface area contributed by atoms with Crippen LogP contribution in [0.1, 0.15) is 47.5 Å². The van der Waals surface area contributed by atoms with Gasteiger partial charge in [-0.25, -0.2) is 8.78 Å². The fraction of sp³-hybridized carbons (Fsp3) is 0.500. The first-order chi connectivity index (χ1) is 12.6.